The quantitative estimate of drug-likeness (QED) is 0.694. The van der Waals surface area contributed by atoms with Crippen molar-refractivity contribution in [1.29, 1.82) is 0 Å². The summed E-state index contributed by atoms with van der Waals surface area (Å²) < 4.78 is 11.6. The summed E-state index contributed by atoms with van der Waals surface area (Å²) in [6, 6.07) is 16.9. The summed E-state index contributed by atoms with van der Waals surface area (Å²) in [5, 5.41) is 4.90. The Morgan fingerprint density at radius 1 is 1.15 bits per heavy atom. The van der Waals surface area contributed by atoms with Crippen LogP contribution in [0.25, 0.3) is 10.9 Å². The van der Waals surface area contributed by atoms with Crippen LogP contribution in [0.4, 0.5) is 5.69 Å². The van der Waals surface area contributed by atoms with Gasteiger partial charge in [0.1, 0.15) is 5.75 Å². The molecule has 0 bridgehead atoms. The molecule has 0 radical (unpaired) electrons. The number of fused-ring (bicyclic) bond motifs is 5. The predicted molar refractivity (Wildman–Crippen MR) is 103 cm³/mol. The van der Waals surface area contributed by atoms with Crippen molar-refractivity contribution in [1.82, 2.24) is 4.98 Å². The topological polar surface area (TPSA) is 43.4 Å². The van der Waals surface area contributed by atoms with Gasteiger partial charge in [0, 0.05) is 28.0 Å². The lowest BCUT2D eigenvalue weighted by molar-refractivity contribution is 0.131. The van der Waals surface area contributed by atoms with Gasteiger partial charge in [0.2, 0.25) is 5.88 Å². The highest BCUT2D eigenvalue weighted by Gasteiger charge is 2.46. The zero-order valence-corrected chi connectivity index (χ0v) is 15.2. The molecule has 132 valence electrons. The Morgan fingerprint density at radius 2 is 2.00 bits per heavy atom. The zero-order valence-electron chi connectivity index (χ0n) is 15.2. The van der Waals surface area contributed by atoms with Crippen LogP contribution in [0.2, 0.25) is 0 Å². The molecular formula is C22H22N2O2. The van der Waals surface area contributed by atoms with Gasteiger partial charge < -0.3 is 14.8 Å². The molecule has 2 aromatic carbocycles. The summed E-state index contributed by atoms with van der Waals surface area (Å²) in [6.07, 6.45) is 0. The molecule has 2 atom stereocenters. The highest BCUT2D eigenvalue weighted by Crippen LogP contribution is 2.52. The third kappa shape index (κ3) is 2.11. The van der Waals surface area contributed by atoms with E-state index in [4.69, 9.17) is 14.5 Å². The number of hydrogen-bond acceptors (Lipinski definition) is 4. The van der Waals surface area contributed by atoms with Crippen LogP contribution in [-0.4, -0.2) is 18.7 Å². The van der Waals surface area contributed by atoms with Crippen LogP contribution in [0.15, 0.2) is 48.5 Å². The minimum absolute atomic E-state index is 0.0386. The summed E-state index contributed by atoms with van der Waals surface area (Å²) >= 11 is 0. The Labute approximate surface area is 153 Å². The maximum absolute atomic E-state index is 6.13. The van der Waals surface area contributed by atoms with Gasteiger partial charge in [-0.3, -0.25) is 0 Å². The van der Waals surface area contributed by atoms with Crippen molar-refractivity contribution in [2.75, 3.05) is 19.0 Å². The van der Waals surface area contributed by atoms with Crippen LogP contribution < -0.4 is 14.8 Å². The number of rotatable bonds is 1. The molecule has 1 aromatic heterocycles. The number of nitrogens with one attached hydrogen (secondary N) is 1. The van der Waals surface area contributed by atoms with Crippen LogP contribution in [0, 0.1) is 5.92 Å². The number of ether oxygens (including phenoxy) is 2. The average Bonchev–Trinajstić information content (AvgIpc) is 2.66. The summed E-state index contributed by atoms with van der Waals surface area (Å²) in [6.45, 7) is 5.25. The molecule has 3 heterocycles. The Hall–Kier alpha value is -2.75. The highest BCUT2D eigenvalue weighted by molar-refractivity contribution is 5.80. The van der Waals surface area contributed by atoms with E-state index in [0.717, 1.165) is 33.8 Å². The normalized spacial score (nSPS) is 22.4. The van der Waals surface area contributed by atoms with Gasteiger partial charge in [-0.2, -0.15) is 0 Å². The standard InChI is InChI=1S/C22H22N2O2/c1-22(2)16-11-14(25-3)8-9-19(16)23-20-15-10-13-6-4-5-7-18(13)24-21(15)26-12-17(20)22/h4-11,17,20,23H,12H2,1-3H3/t17-,20-/m1/s1. The number of nitrogens with zero attached hydrogens (tertiary/aromatic N) is 1. The largest absolute Gasteiger partial charge is 0.497 e. The van der Waals surface area contributed by atoms with E-state index in [2.05, 4.69) is 49.5 Å². The van der Waals surface area contributed by atoms with E-state index in [0.29, 0.717) is 12.5 Å². The van der Waals surface area contributed by atoms with E-state index >= 15 is 0 Å². The van der Waals surface area contributed by atoms with Crippen molar-refractivity contribution in [3.05, 3.63) is 59.7 Å². The third-order valence-electron chi connectivity index (χ3n) is 6.01. The Balaban J connectivity index is 1.67. The van der Waals surface area contributed by atoms with Gasteiger partial charge in [0.25, 0.3) is 0 Å². The van der Waals surface area contributed by atoms with Crippen LogP contribution in [0.1, 0.15) is 31.0 Å². The molecule has 2 aliphatic heterocycles. The van der Waals surface area contributed by atoms with Gasteiger partial charge in [0.15, 0.2) is 0 Å². The van der Waals surface area contributed by atoms with Gasteiger partial charge in [-0.25, -0.2) is 4.98 Å². The third-order valence-corrected chi connectivity index (χ3v) is 6.01. The van der Waals surface area contributed by atoms with Crippen molar-refractivity contribution >= 4 is 16.6 Å². The molecule has 4 heteroatoms. The molecule has 26 heavy (non-hydrogen) atoms. The van der Waals surface area contributed by atoms with Crippen LogP contribution in [-0.2, 0) is 5.41 Å². The van der Waals surface area contributed by atoms with E-state index in [-0.39, 0.29) is 11.5 Å². The fraction of sp³-hybridized carbons (Fsp3) is 0.318. The number of pyridine rings is 1. The lowest BCUT2D eigenvalue weighted by atomic mass is 9.65. The number of methoxy groups -OCH3 is 1. The van der Waals surface area contributed by atoms with Crippen molar-refractivity contribution in [2.45, 2.75) is 25.3 Å². The number of aromatic nitrogens is 1. The van der Waals surface area contributed by atoms with Gasteiger partial charge >= 0.3 is 0 Å². The molecule has 2 aliphatic rings. The lowest BCUT2D eigenvalue weighted by Crippen LogP contribution is -2.46. The summed E-state index contributed by atoms with van der Waals surface area (Å²) in [5.41, 5.74) is 4.53. The number of benzene rings is 2. The van der Waals surface area contributed by atoms with Gasteiger partial charge in [-0.05, 0) is 35.9 Å². The van der Waals surface area contributed by atoms with E-state index < -0.39 is 0 Å². The van der Waals surface area contributed by atoms with Crippen molar-refractivity contribution in [3.63, 3.8) is 0 Å². The minimum atomic E-state index is -0.0386. The molecule has 5 rings (SSSR count). The summed E-state index contributed by atoms with van der Waals surface area (Å²) in [7, 11) is 1.71. The van der Waals surface area contributed by atoms with Crippen molar-refractivity contribution in [3.8, 4) is 11.6 Å². The molecule has 0 unspecified atom stereocenters. The van der Waals surface area contributed by atoms with Gasteiger partial charge in [0.05, 0.1) is 25.3 Å². The number of para-hydroxylation sites is 1. The zero-order chi connectivity index (χ0) is 17.9. The second kappa shape index (κ2) is 5.37. The molecule has 4 nitrogen and oxygen atoms in total. The van der Waals surface area contributed by atoms with E-state index in [1.807, 2.05) is 18.2 Å². The fourth-order valence-corrected chi connectivity index (χ4v) is 4.41. The Bertz CT molecular complexity index is 1010. The molecule has 0 saturated carbocycles. The maximum Gasteiger partial charge on any atom is 0.219 e. The average molecular weight is 346 g/mol. The molecule has 0 aliphatic carbocycles. The molecule has 0 saturated heterocycles. The first-order valence-corrected chi connectivity index (χ1v) is 9.05. The first kappa shape index (κ1) is 15.5. The summed E-state index contributed by atoms with van der Waals surface area (Å²) in [4.78, 5) is 4.76. The van der Waals surface area contributed by atoms with E-state index in [9.17, 15) is 0 Å². The lowest BCUT2D eigenvalue weighted by Gasteiger charge is -2.48. The Kier molecular flexibility index (Phi) is 3.20. The van der Waals surface area contributed by atoms with Gasteiger partial charge in [-0.15, -0.1) is 0 Å². The number of hydrogen-bond donors (Lipinski definition) is 1. The smallest absolute Gasteiger partial charge is 0.219 e. The van der Waals surface area contributed by atoms with E-state index in [1.54, 1.807) is 7.11 Å². The Morgan fingerprint density at radius 3 is 2.85 bits per heavy atom. The first-order valence-electron chi connectivity index (χ1n) is 9.05. The maximum atomic E-state index is 6.13. The first-order chi connectivity index (χ1) is 12.6. The second-order valence-corrected chi connectivity index (χ2v) is 7.75. The van der Waals surface area contributed by atoms with Crippen LogP contribution >= 0.6 is 0 Å². The van der Waals surface area contributed by atoms with Crippen LogP contribution in [0.3, 0.4) is 0 Å². The molecule has 1 N–H and O–H groups in total. The molecule has 3 aromatic rings. The monoisotopic (exact) mass is 346 g/mol. The predicted octanol–water partition coefficient (Wildman–Crippen LogP) is 4.70. The highest BCUT2D eigenvalue weighted by atomic mass is 16.5. The molecule has 0 amide bonds. The molecule has 0 fully saturated rings. The number of anilines is 1. The fourth-order valence-electron chi connectivity index (χ4n) is 4.41. The van der Waals surface area contributed by atoms with Crippen LogP contribution in [0.5, 0.6) is 11.6 Å². The minimum Gasteiger partial charge on any atom is -0.497 e. The molecular weight excluding hydrogens is 324 g/mol. The summed E-state index contributed by atoms with van der Waals surface area (Å²) in [5.74, 6) is 1.96. The molecule has 0 spiro atoms. The van der Waals surface area contributed by atoms with E-state index in [1.165, 1.54) is 5.56 Å². The second-order valence-electron chi connectivity index (χ2n) is 7.75. The SMILES string of the molecule is COc1ccc2c(c1)C(C)(C)[C@@H]1COc3nc4ccccc4cc3[C@H]1N2. The van der Waals surface area contributed by atoms with Crippen molar-refractivity contribution < 1.29 is 9.47 Å². The van der Waals surface area contributed by atoms with Gasteiger partial charge in [-0.1, -0.05) is 32.0 Å². The van der Waals surface area contributed by atoms with Crippen molar-refractivity contribution in [2.24, 2.45) is 5.92 Å².